The van der Waals surface area contributed by atoms with Gasteiger partial charge in [0.1, 0.15) is 0 Å². The third-order valence-corrected chi connectivity index (χ3v) is 8.29. The number of hydrogen-bond acceptors (Lipinski definition) is 6. The number of sulfonamides is 2. The summed E-state index contributed by atoms with van der Waals surface area (Å²) in [5.41, 5.74) is 0.851. The summed E-state index contributed by atoms with van der Waals surface area (Å²) >= 11 is 3.28. The van der Waals surface area contributed by atoms with Gasteiger partial charge in [0.2, 0.25) is 11.8 Å². The Labute approximate surface area is 205 Å². The van der Waals surface area contributed by atoms with Crippen LogP contribution in [0.4, 0.5) is 17.1 Å². The lowest BCUT2D eigenvalue weighted by Crippen LogP contribution is -2.28. The Kier molecular flexibility index (Phi) is 6.47. The predicted octanol–water partition coefficient (Wildman–Crippen LogP) is 3.70. The summed E-state index contributed by atoms with van der Waals surface area (Å²) in [5, 5.41) is 0. The molecular formula is C22H18BrN3O6S2. The molecule has 1 aliphatic heterocycles. The van der Waals surface area contributed by atoms with Crippen LogP contribution in [0, 0.1) is 0 Å². The summed E-state index contributed by atoms with van der Waals surface area (Å²) < 4.78 is 56.2. The van der Waals surface area contributed by atoms with Crippen molar-refractivity contribution in [3.63, 3.8) is 0 Å². The summed E-state index contributed by atoms with van der Waals surface area (Å²) in [6.07, 6.45) is 0.260. The topological polar surface area (TPSA) is 130 Å². The quantitative estimate of drug-likeness (QED) is 0.421. The van der Waals surface area contributed by atoms with Crippen LogP contribution in [0.2, 0.25) is 0 Å². The summed E-state index contributed by atoms with van der Waals surface area (Å²) in [4.78, 5) is 24.6. The lowest BCUT2D eigenvalue weighted by Gasteiger charge is -2.14. The molecule has 12 heteroatoms. The van der Waals surface area contributed by atoms with Crippen LogP contribution in [0.1, 0.15) is 12.8 Å². The van der Waals surface area contributed by atoms with Crippen LogP contribution in [0.25, 0.3) is 0 Å². The van der Waals surface area contributed by atoms with E-state index < -0.39 is 20.0 Å². The Bertz CT molecular complexity index is 1440. The van der Waals surface area contributed by atoms with E-state index in [0.717, 1.165) is 9.37 Å². The van der Waals surface area contributed by atoms with Gasteiger partial charge in [-0.1, -0.05) is 15.9 Å². The number of halogens is 1. The molecule has 2 N–H and O–H groups in total. The maximum absolute atomic E-state index is 12.7. The molecule has 1 saturated heterocycles. The highest BCUT2D eigenvalue weighted by molar-refractivity contribution is 9.10. The van der Waals surface area contributed by atoms with Gasteiger partial charge in [-0.15, -0.1) is 0 Å². The number of rotatable bonds is 7. The number of imide groups is 1. The minimum Gasteiger partial charge on any atom is -0.280 e. The molecule has 9 nitrogen and oxygen atoms in total. The fourth-order valence-electron chi connectivity index (χ4n) is 3.29. The molecule has 1 heterocycles. The van der Waals surface area contributed by atoms with Gasteiger partial charge in [-0.2, -0.15) is 0 Å². The summed E-state index contributed by atoms with van der Waals surface area (Å²) in [6.45, 7) is 0. The zero-order chi connectivity index (χ0) is 24.5. The largest absolute Gasteiger partial charge is 0.280 e. The molecule has 0 atom stereocenters. The van der Waals surface area contributed by atoms with E-state index in [-0.39, 0.29) is 40.1 Å². The lowest BCUT2D eigenvalue weighted by molar-refractivity contribution is -0.121. The van der Waals surface area contributed by atoms with Gasteiger partial charge in [0, 0.05) is 28.7 Å². The van der Waals surface area contributed by atoms with Crippen LogP contribution in [-0.4, -0.2) is 28.6 Å². The number of nitrogens with zero attached hydrogens (tertiary/aromatic N) is 1. The molecule has 3 aromatic rings. The van der Waals surface area contributed by atoms with E-state index in [1.807, 2.05) is 0 Å². The van der Waals surface area contributed by atoms with Gasteiger partial charge in [0.25, 0.3) is 20.0 Å². The maximum atomic E-state index is 12.7. The first-order valence-corrected chi connectivity index (χ1v) is 13.7. The number of anilines is 3. The molecule has 0 bridgehead atoms. The molecular weight excluding hydrogens is 546 g/mol. The van der Waals surface area contributed by atoms with Gasteiger partial charge in [-0.3, -0.25) is 23.9 Å². The second-order valence-electron chi connectivity index (χ2n) is 7.36. The second kappa shape index (κ2) is 9.20. The normalized spacial score (nSPS) is 14.3. The van der Waals surface area contributed by atoms with Crippen molar-refractivity contribution in [3.05, 3.63) is 77.3 Å². The average Bonchev–Trinajstić information content (AvgIpc) is 3.13. The molecule has 34 heavy (non-hydrogen) atoms. The Hall–Kier alpha value is -3.22. The average molecular weight is 564 g/mol. The van der Waals surface area contributed by atoms with E-state index in [4.69, 9.17) is 0 Å². The van der Waals surface area contributed by atoms with Gasteiger partial charge in [0.15, 0.2) is 0 Å². The van der Waals surface area contributed by atoms with Crippen molar-refractivity contribution in [1.82, 2.24) is 0 Å². The highest BCUT2D eigenvalue weighted by Gasteiger charge is 2.30. The molecule has 0 aliphatic carbocycles. The van der Waals surface area contributed by atoms with Crippen LogP contribution in [-0.2, 0) is 29.6 Å². The summed E-state index contributed by atoms with van der Waals surface area (Å²) in [5.74, 6) is -0.660. The monoisotopic (exact) mass is 563 g/mol. The SMILES string of the molecule is O=C1CCC(=O)N1c1ccc(S(=O)(=O)Nc2ccc(S(=O)(=O)Nc3ccc(Br)cc3)cc2)cc1. The standard InChI is InChI=1S/C22H18BrN3O6S2/c23-15-1-3-16(4-2-15)24-33(29,30)19-9-5-17(6-10-19)25-34(31,32)20-11-7-18(8-12-20)26-21(27)13-14-22(26)28/h1-12,24-25H,13-14H2. The lowest BCUT2D eigenvalue weighted by atomic mass is 10.3. The second-order valence-corrected chi connectivity index (χ2v) is 11.6. The van der Waals surface area contributed by atoms with Crippen molar-refractivity contribution < 1.29 is 26.4 Å². The Balaban J connectivity index is 1.47. The molecule has 0 radical (unpaired) electrons. The van der Waals surface area contributed by atoms with E-state index in [1.54, 1.807) is 24.3 Å². The fraction of sp³-hybridized carbons (Fsp3) is 0.0909. The van der Waals surface area contributed by atoms with Gasteiger partial charge in [-0.05, 0) is 72.8 Å². The third kappa shape index (κ3) is 5.13. The molecule has 3 aromatic carbocycles. The van der Waals surface area contributed by atoms with Gasteiger partial charge < -0.3 is 0 Å². The van der Waals surface area contributed by atoms with Crippen LogP contribution in [0.15, 0.2) is 87.1 Å². The van der Waals surface area contributed by atoms with Crippen molar-refractivity contribution in [2.75, 3.05) is 14.3 Å². The smallest absolute Gasteiger partial charge is 0.261 e. The van der Waals surface area contributed by atoms with Gasteiger partial charge in [-0.25, -0.2) is 16.8 Å². The van der Waals surface area contributed by atoms with Crippen molar-refractivity contribution in [2.24, 2.45) is 0 Å². The van der Waals surface area contributed by atoms with Crippen LogP contribution in [0.3, 0.4) is 0 Å². The first-order chi connectivity index (χ1) is 16.0. The highest BCUT2D eigenvalue weighted by Crippen LogP contribution is 2.25. The molecule has 2 amide bonds. The van der Waals surface area contributed by atoms with Crippen molar-refractivity contribution >= 4 is 64.9 Å². The predicted molar refractivity (Wildman–Crippen MR) is 130 cm³/mol. The molecule has 1 fully saturated rings. The number of carbonyl (C=O) groups excluding carboxylic acids is 2. The molecule has 0 spiro atoms. The van der Waals surface area contributed by atoms with E-state index in [9.17, 15) is 26.4 Å². The van der Waals surface area contributed by atoms with Crippen molar-refractivity contribution in [1.29, 1.82) is 0 Å². The van der Waals surface area contributed by atoms with Gasteiger partial charge in [0.05, 0.1) is 15.5 Å². The molecule has 176 valence electrons. The summed E-state index contributed by atoms with van der Waals surface area (Å²) in [6, 6.07) is 17.2. The molecule has 0 saturated carbocycles. The molecule has 4 rings (SSSR count). The fourth-order valence-corrected chi connectivity index (χ4v) is 5.67. The Morgan fingerprint density at radius 2 is 1.00 bits per heavy atom. The van der Waals surface area contributed by atoms with Gasteiger partial charge >= 0.3 is 0 Å². The zero-order valence-electron chi connectivity index (χ0n) is 17.4. The van der Waals surface area contributed by atoms with E-state index in [2.05, 4.69) is 25.4 Å². The first-order valence-electron chi connectivity index (χ1n) is 9.92. The number of amides is 2. The van der Waals surface area contributed by atoms with E-state index in [0.29, 0.717) is 11.4 Å². The highest BCUT2D eigenvalue weighted by atomic mass is 79.9. The first kappa shape index (κ1) is 23.9. The third-order valence-electron chi connectivity index (χ3n) is 4.97. The van der Waals surface area contributed by atoms with Crippen molar-refractivity contribution in [3.8, 4) is 0 Å². The number of hydrogen-bond donors (Lipinski definition) is 2. The van der Waals surface area contributed by atoms with Crippen molar-refractivity contribution in [2.45, 2.75) is 22.6 Å². The minimum atomic E-state index is -3.99. The summed E-state index contributed by atoms with van der Waals surface area (Å²) in [7, 11) is -7.85. The molecule has 1 aliphatic rings. The number of nitrogens with one attached hydrogen (secondary N) is 2. The minimum absolute atomic E-state index is 0.0392. The number of benzene rings is 3. The zero-order valence-corrected chi connectivity index (χ0v) is 20.7. The van der Waals surface area contributed by atoms with E-state index >= 15 is 0 Å². The van der Waals surface area contributed by atoms with Crippen LogP contribution in [0.5, 0.6) is 0 Å². The van der Waals surface area contributed by atoms with E-state index in [1.165, 1.54) is 48.5 Å². The Morgan fingerprint density at radius 1 is 0.618 bits per heavy atom. The molecule has 0 aromatic heterocycles. The molecule has 0 unspecified atom stereocenters. The maximum Gasteiger partial charge on any atom is 0.261 e. The van der Waals surface area contributed by atoms with Crippen LogP contribution < -0.4 is 14.3 Å². The Morgan fingerprint density at radius 3 is 1.44 bits per heavy atom. The van der Waals surface area contributed by atoms with Crippen LogP contribution >= 0.6 is 15.9 Å². The number of carbonyl (C=O) groups is 2.